The first kappa shape index (κ1) is 24.1. The van der Waals surface area contributed by atoms with Crippen molar-refractivity contribution in [1.29, 1.82) is 0 Å². The van der Waals surface area contributed by atoms with E-state index in [0.29, 0.717) is 35.9 Å². The third-order valence-electron chi connectivity index (χ3n) is 6.29. The van der Waals surface area contributed by atoms with Crippen molar-refractivity contribution in [3.05, 3.63) is 88.5 Å². The minimum atomic E-state index is -0.526. The minimum absolute atomic E-state index is 0.0875. The molecule has 0 spiro atoms. The monoisotopic (exact) mass is 474 g/mol. The van der Waals surface area contributed by atoms with Gasteiger partial charge in [-0.1, -0.05) is 48.0 Å². The van der Waals surface area contributed by atoms with Crippen molar-refractivity contribution in [2.24, 2.45) is 0 Å². The molecule has 0 saturated heterocycles. The standard InChI is InChI=1S/C28H30N2O5/c1-18-9-11-19(12-10-18)16-29-26(31)15-23(30-17-20-7-5-6-8-22(20)28(30)32)21-13-24(33-2)27(35-4)25(14-21)34-3/h5-14,23H,15-17H2,1-4H3,(H,29,31)/t23-/m0/s1. The third kappa shape index (κ3) is 5.09. The maximum atomic E-state index is 13.3. The number of hydrogen-bond acceptors (Lipinski definition) is 5. The van der Waals surface area contributed by atoms with Gasteiger partial charge in [0.15, 0.2) is 11.5 Å². The van der Waals surface area contributed by atoms with Crippen LogP contribution in [0.2, 0.25) is 0 Å². The molecule has 0 fully saturated rings. The number of carbonyl (C=O) groups excluding carboxylic acids is 2. The molecule has 0 aliphatic carbocycles. The highest BCUT2D eigenvalue weighted by molar-refractivity contribution is 5.99. The summed E-state index contributed by atoms with van der Waals surface area (Å²) < 4.78 is 16.5. The van der Waals surface area contributed by atoms with Crippen LogP contribution in [0.4, 0.5) is 0 Å². The molecular weight excluding hydrogens is 444 g/mol. The van der Waals surface area contributed by atoms with Crippen molar-refractivity contribution in [2.75, 3.05) is 21.3 Å². The second-order valence-electron chi connectivity index (χ2n) is 8.53. The topological polar surface area (TPSA) is 77.1 Å². The van der Waals surface area contributed by atoms with Crippen LogP contribution in [0.1, 0.15) is 45.1 Å². The Labute approximate surface area is 205 Å². The smallest absolute Gasteiger partial charge is 0.255 e. The molecule has 182 valence electrons. The second kappa shape index (κ2) is 10.5. The molecule has 1 N–H and O–H groups in total. The van der Waals surface area contributed by atoms with Crippen LogP contribution in [-0.2, 0) is 17.9 Å². The van der Waals surface area contributed by atoms with Gasteiger partial charge in [0.1, 0.15) is 0 Å². The Morgan fingerprint density at radius 3 is 2.23 bits per heavy atom. The van der Waals surface area contributed by atoms with Gasteiger partial charge in [0.25, 0.3) is 5.91 Å². The molecule has 35 heavy (non-hydrogen) atoms. The molecule has 7 nitrogen and oxygen atoms in total. The molecule has 1 aliphatic rings. The Morgan fingerprint density at radius 1 is 0.971 bits per heavy atom. The zero-order valence-corrected chi connectivity index (χ0v) is 20.5. The third-order valence-corrected chi connectivity index (χ3v) is 6.29. The van der Waals surface area contributed by atoms with Gasteiger partial charge in [-0.05, 0) is 41.8 Å². The molecule has 3 aromatic rings. The molecule has 1 aliphatic heterocycles. The number of nitrogens with zero attached hydrogens (tertiary/aromatic N) is 1. The van der Waals surface area contributed by atoms with Gasteiger partial charge in [-0.15, -0.1) is 0 Å². The molecule has 1 heterocycles. The molecule has 0 radical (unpaired) electrons. The summed E-state index contributed by atoms with van der Waals surface area (Å²) >= 11 is 0. The first-order valence-corrected chi connectivity index (χ1v) is 11.5. The fraction of sp³-hybridized carbons (Fsp3) is 0.286. The van der Waals surface area contributed by atoms with E-state index in [1.165, 1.54) is 7.11 Å². The van der Waals surface area contributed by atoms with Gasteiger partial charge in [0.05, 0.1) is 33.8 Å². The van der Waals surface area contributed by atoms with E-state index in [-0.39, 0.29) is 18.2 Å². The van der Waals surface area contributed by atoms with Crippen molar-refractivity contribution < 1.29 is 23.8 Å². The number of nitrogens with one attached hydrogen (secondary N) is 1. The molecule has 0 saturated carbocycles. The number of rotatable bonds is 9. The van der Waals surface area contributed by atoms with Crippen LogP contribution in [0.5, 0.6) is 17.2 Å². The van der Waals surface area contributed by atoms with Crippen LogP contribution in [0.25, 0.3) is 0 Å². The summed E-state index contributed by atoms with van der Waals surface area (Å²) in [5.74, 6) is 1.13. The summed E-state index contributed by atoms with van der Waals surface area (Å²) in [7, 11) is 4.62. The van der Waals surface area contributed by atoms with Gasteiger partial charge in [-0.3, -0.25) is 9.59 Å². The zero-order valence-electron chi connectivity index (χ0n) is 20.5. The Bertz CT molecular complexity index is 1200. The van der Waals surface area contributed by atoms with Crippen LogP contribution in [0.15, 0.2) is 60.7 Å². The molecule has 0 bridgehead atoms. The van der Waals surface area contributed by atoms with Gasteiger partial charge < -0.3 is 24.4 Å². The lowest BCUT2D eigenvalue weighted by atomic mass is 10.00. The van der Waals surface area contributed by atoms with Crippen LogP contribution in [-0.4, -0.2) is 38.0 Å². The van der Waals surface area contributed by atoms with E-state index in [4.69, 9.17) is 14.2 Å². The fourth-order valence-electron chi connectivity index (χ4n) is 4.38. The van der Waals surface area contributed by atoms with Crippen LogP contribution in [0, 0.1) is 6.92 Å². The molecule has 0 aromatic heterocycles. The number of fused-ring (bicyclic) bond motifs is 1. The molecule has 2 amide bonds. The summed E-state index contributed by atoms with van der Waals surface area (Å²) in [6.45, 7) is 2.85. The highest BCUT2D eigenvalue weighted by Crippen LogP contribution is 2.42. The number of amides is 2. The van der Waals surface area contributed by atoms with E-state index in [9.17, 15) is 9.59 Å². The summed E-state index contributed by atoms with van der Waals surface area (Å²) in [4.78, 5) is 28.2. The average molecular weight is 475 g/mol. The first-order chi connectivity index (χ1) is 16.9. The maximum absolute atomic E-state index is 13.3. The normalized spacial score (nSPS) is 13.3. The van der Waals surface area contributed by atoms with E-state index in [1.807, 2.05) is 55.5 Å². The number of benzene rings is 3. The number of hydrogen-bond donors (Lipinski definition) is 1. The zero-order chi connectivity index (χ0) is 24.9. The van der Waals surface area contributed by atoms with Crippen molar-refractivity contribution in [2.45, 2.75) is 32.5 Å². The lowest BCUT2D eigenvalue weighted by molar-refractivity contribution is -0.122. The number of methoxy groups -OCH3 is 3. The number of aryl methyl sites for hydroxylation is 1. The van der Waals surface area contributed by atoms with E-state index in [0.717, 1.165) is 22.3 Å². The van der Waals surface area contributed by atoms with Gasteiger partial charge in [-0.2, -0.15) is 0 Å². The molecule has 7 heteroatoms. The van der Waals surface area contributed by atoms with Crippen LogP contribution >= 0.6 is 0 Å². The van der Waals surface area contributed by atoms with Gasteiger partial charge in [-0.25, -0.2) is 0 Å². The fourth-order valence-corrected chi connectivity index (χ4v) is 4.38. The van der Waals surface area contributed by atoms with Gasteiger partial charge >= 0.3 is 0 Å². The lowest BCUT2D eigenvalue weighted by Crippen LogP contribution is -2.34. The second-order valence-corrected chi connectivity index (χ2v) is 8.53. The Balaban J connectivity index is 1.64. The SMILES string of the molecule is COc1cc([C@H](CC(=O)NCc2ccc(C)cc2)N2Cc3ccccc3C2=O)cc(OC)c1OC. The van der Waals surface area contributed by atoms with Crippen molar-refractivity contribution in [1.82, 2.24) is 10.2 Å². The van der Waals surface area contributed by atoms with Crippen LogP contribution < -0.4 is 19.5 Å². The van der Waals surface area contributed by atoms with E-state index < -0.39 is 6.04 Å². The van der Waals surface area contributed by atoms with E-state index in [2.05, 4.69) is 5.32 Å². The average Bonchev–Trinajstić information content (AvgIpc) is 3.22. The molecular formula is C28H30N2O5. The number of carbonyl (C=O) groups is 2. The summed E-state index contributed by atoms with van der Waals surface area (Å²) in [5.41, 5.74) is 4.50. The quantitative estimate of drug-likeness (QED) is 0.497. The lowest BCUT2D eigenvalue weighted by Gasteiger charge is -2.29. The summed E-state index contributed by atoms with van der Waals surface area (Å²) in [5, 5.41) is 2.99. The van der Waals surface area contributed by atoms with Crippen molar-refractivity contribution >= 4 is 11.8 Å². The van der Waals surface area contributed by atoms with Crippen molar-refractivity contribution in [3.8, 4) is 17.2 Å². The largest absolute Gasteiger partial charge is 0.493 e. The van der Waals surface area contributed by atoms with E-state index >= 15 is 0 Å². The summed E-state index contributed by atoms with van der Waals surface area (Å²) in [6.07, 6.45) is 0.0875. The van der Waals surface area contributed by atoms with Crippen LogP contribution in [0.3, 0.4) is 0 Å². The first-order valence-electron chi connectivity index (χ1n) is 11.5. The van der Waals surface area contributed by atoms with Crippen molar-refractivity contribution in [3.63, 3.8) is 0 Å². The van der Waals surface area contributed by atoms with Gasteiger partial charge in [0.2, 0.25) is 11.7 Å². The van der Waals surface area contributed by atoms with E-state index in [1.54, 1.807) is 31.3 Å². The Kier molecular flexibility index (Phi) is 7.25. The Hall–Kier alpha value is -4.00. The maximum Gasteiger partial charge on any atom is 0.255 e. The highest BCUT2D eigenvalue weighted by atomic mass is 16.5. The minimum Gasteiger partial charge on any atom is -0.493 e. The molecule has 3 aromatic carbocycles. The predicted molar refractivity (Wildman–Crippen MR) is 133 cm³/mol. The predicted octanol–water partition coefficient (Wildman–Crippen LogP) is 4.42. The number of ether oxygens (including phenoxy) is 3. The van der Waals surface area contributed by atoms with Gasteiger partial charge in [0, 0.05) is 18.7 Å². The molecule has 1 atom stereocenters. The molecule has 4 rings (SSSR count). The highest BCUT2D eigenvalue weighted by Gasteiger charge is 2.35. The Morgan fingerprint density at radius 2 is 1.63 bits per heavy atom. The molecule has 0 unspecified atom stereocenters. The summed E-state index contributed by atoms with van der Waals surface area (Å²) in [6, 6.07) is 18.6.